The van der Waals surface area contributed by atoms with E-state index in [4.69, 9.17) is 4.42 Å². The fraction of sp³-hybridized carbons (Fsp3) is 0.320. The number of amides is 1. The number of fused-ring (bicyclic) bond motifs is 3. The molecular formula is C25H26N4O2S. The van der Waals surface area contributed by atoms with Gasteiger partial charge >= 0.3 is 0 Å². The van der Waals surface area contributed by atoms with Crippen LogP contribution in [-0.2, 0) is 24.1 Å². The fourth-order valence-electron chi connectivity index (χ4n) is 4.44. The van der Waals surface area contributed by atoms with Crippen LogP contribution in [-0.4, -0.2) is 38.3 Å². The van der Waals surface area contributed by atoms with Crippen LogP contribution in [0.15, 0.2) is 58.2 Å². The number of rotatable bonds is 6. The van der Waals surface area contributed by atoms with E-state index in [9.17, 15) is 4.79 Å². The number of nitrogens with one attached hydrogen (secondary N) is 1. The maximum Gasteiger partial charge on any atom is 0.277 e. The SMILES string of the molecule is CCc1ccc(C2c3[nH]c4ccccc4c3CCN2C(=O)CSc2nnc(CC)o2)cc1. The number of aromatic amines is 1. The van der Waals surface area contributed by atoms with Gasteiger partial charge in [0.05, 0.1) is 11.8 Å². The minimum absolute atomic E-state index is 0.0696. The maximum absolute atomic E-state index is 13.4. The van der Waals surface area contributed by atoms with Crippen molar-refractivity contribution in [1.82, 2.24) is 20.1 Å². The Bertz CT molecular complexity index is 1240. The summed E-state index contributed by atoms with van der Waals surface area (Å²) < 4.78 is 5.57. The zero-order valence-corrected chi connectivity index (χ0v) is 19.1. The summed E-state index contributed by atoms with van der Waals surface area (Å²) in [6.45, 7) is 4.80. The van der Waals surface area contributed by atoms with E-state index >= 15 is 0 Å². The lowest BCUT2D eigenvalue weighted by molar-refractivity contribution is -0.130. The lowest BCUT2D eigenvalue weighted by Gasteiger charge is -2.36. The van der Waals surface area contributed by atoms with Gasteiger partial charge in [0, 0.05) is 29.6 Å². The summed E-state index contributed by atoms with van der Waals surface area (Å²) in [5.41, 5.74) is 5.96. The van der Waals surface area contributed by atoms with Crippen LogP contribution < -0.4 is 0 Å². The molecule has 0 saturated carbocycles. The van der Waals surface area contributed by atoms with Crippen LogP contribution in [0.5, 0.6) is 0 Å². The second-order valence-electron chi connectivity index (χ2n) is 8.00. The molecule has 1 N–H and O–H groups in total. The van der Waals surface area contributed by atoms with Gasteiger partial charge in [0.25, 0.3) is 5.22 Å². The Hall–Kier alpha value is -3.06. The van der Waals surface area contributed by atoms with Gasteiger partial charge in [-0.25, -0.2) is 0 Å². The molecule has 5 rings (SSSR count). The number of carbonyl (C=O) groups is 1. The molecule has 0 radical (unpaired) electrons. The van der Waals surface area contributed by atoms with Crippen LogP contribution in [0.2, 0.25) is 0 Å². The Kier molecular flexibility index (Phi) is 5.74. The number of para-hydroxylation sites is 1. The lowest BCUT2D eigenvalue weighted by atomic mass is 9.91. The van der Waals surface area contributed by atoms with Crippen molar-refractivity contribution in [2.75, 3.05) is 12.3 Å². The van der Waals surface area contributed by atoms with Crippen molar-refractivity contribution < 1.29 is 9.21 Å². The fourth-order valence-corrected chi connectivity index (χ4v) is 5.10. The molecule has 1 atom stereocenters. The largest absolute Gasteiger partial charge is 0.416 e. The van der Waals surface area contributed by atoms with Crippen LogP contribution >= 0.6 is 11.8 Å². The number of benzene rings is 2. The third-order valence-electron chi connectivity index (χ3n) is 6.13. The van der Waals surface area contributed by atoms with Crippen LogP contribution in [0.4, 0.5) is 0 Å². The lowest BCUT2D eigenvalue weighted by Crippen LogP contribution is -2.41. The highest BCUT2D eigenvalue weighted by molar-refractivity contribution is 7.99. The van der Waals surface area contributed by atoms with Crippen molar-refractivity contribution in [3.05, 3.63) is 76.8 Å². The number of thioether (sulfide) groups is 1. The first-order valence-corrected chi connectivity index (χ1v) is 12.1. The van der Waals surface area contributed by atoms with E-state index in [-0.39, 0.29) is 17.7 Å². The first-order valence-electron chi connectivity index (χ1n) is 11.1. The third-order valence-corrected chi connectivity index (χ3v) is 6.93. The summed E-state index contributed by atoms with van der Waals surface area (Å²) >= 11 is 1.31. The molecule has 1 aliphatic rings. The molecule has 7 heteroatoms. The molecule has 6 nitrogen and oxygen atoms in total. The zero-order valence-electron chi connectivity index (χ0n) is 18.3. The highest BCUT2D eigenvalue weighted by Gasteiger charge is 2.34. The smallest absolute Gasteiger partial charge is 0.277 e. The normalized spacial score (nSPS) is 15.8. The molecule has 2 aromatic carbocycles. The van der Waals surface area contributed by atoms with E-state index < -0.39 is 0 Å². The number of aromatic nitrogens is 3. The Labute approximate surface area is 191 Å². The number of H-pyrrole nitrogens is 1. The molecule has 32 heavy (non-hydrogen) atoms. The Balaban J connectivity index is 1.48. The van der Waals surface area contributed by atoms with Gasteiger partial charge in [-0.3, -0.25) is 4.79 Å². The van der Waals surface area contributed by atoms with E-state index in [2.05, 4.69) is 64.6 Å². The van der Waals surface area contributed by atoms with Gasteiger partial charge in [0.15, 0.2) is 0 Å². The predicted octanol–water partition coefficient (Wildman–Crippen LogP) is 4.94. The molecule has 0 spiro atoms. The van der Waals surface area contributed by atoms with Gasteiger partial charge in [0.2, 0.25) is 11.8 Å². The number of hydrogen-bond acceptors (Lipinski definition) is 5. The Morgan fingerprint density at radius 2 is 1.94 bits per heavy atom. The first kappa shape index (κ1) is 20.8. The van der Waals surface area contributed by atoms with E-state index in [1.807, 2.05) is 17.9 Å². The molecule has 3 heterocycles. The summed E-state index contributed by atoms with van der Waals surface area (Å²) in [5, 5.41) is 9.72. The summed E-state index contributed by atoms with van der Waals surface area (Å²) in [6, 6.07) is 16.9. The molecule has 1 unspecified atom stereocenters. The van der Waals surface area contributed by atoms with Crippen LogP contribution in [0.1, 0.15) is 48.2 Å². The standard InChI is InChI=1S/C25H26N4O2S/c1-3-16-9-11-17(12-10-16)24-23-19(18-7-5-6-8-20(18)26-23)13-14-29(24)22(30)15-32-25-28-27-21(4-2)31-25/h5-12,24,26H,3-4,13-15H2,1-2H3. The Morgan fingerprint density at radius 1 is 1.12 bits per heavy atom. The summed E-state index contributed by atoms with van der Waals surface area (Å²) in [4.78, 5) is 19.0. The molecule has 4 aromatic rings. The summed E-state index contributed by atoms with van der Waals surface area (Å²) in [5.74, 6) is 0.930. The van der Waals surface area contributed by atoms with Crippen molar-refractivity contribution >= 4 is 28.6 Å². The first-order chi connectivity index (χ1) is 15.7. The Morgan fingerprint density at radius 3 is 2.69 bits per heavy atom. The topological polar surface area (TPSA) is 75.0 Å². The van der Waals surface area contributed by atoms with E-state index in [1.54, 1.807) is 0 Å². The van der Waals surface area contributed by atoms with Crippen molar-refractivity contribution in [3.8, 4) is 0 Å². The highest BCUT2D eigenvalue weighted by Crippen LogP contribution is 2.39. The molecule has 0 aliphatic carbocycles. The summed E-state index contributed by atoms with van der Waals surface area (Å²) in [6.07, 6.45) is 2.51. The van der Waals surface area contributed by atoms with E-state index in [1.165, 1.54) is 28.3 Å². The van der Waals surface area contributed by atoms with Crippen LogP contribution in [0.3, 0.4) is 0 Å². The number of hydrogen-bond donors (Lipinski definition) is 1. The van der Waals surface area contributed by atoms with Crippen LogP contribution in [0, 0.1) is 0 Å². The van der Waals surface area contributed by atoms with Crippen molar-refractivity contribution in [2.24, 2.45) is 0 Å². The van der Waals surface area contributed by atoms with Crippen molar-refractivity contribution in [3.63, 3.8) is 0 Å². The molecular weight excluding hydrogens is 420 g/mol. The second-order valence-corrected chi connectivity index (χ2v) is 8.93. The van der Waals surface area contributed by atoms with Gasteiger partial charge in [-0.05, 0) is 35.6 Å². The van der Waals surface area contributed by atoms with Crippen molar-refractivity contribution in [1.29, 1.82) is 0 Å². The minimum atomic E-state index is -0.140. The van der Waals surface area contributed by atoms with E-state index in [0.717, 1.165) is 29.6 Å². The van der Waals surface area contributed by atoms with Gasteiger partial charge in [-0.1, -0.05) is 68.1 Å². The predicted molar refractivity (Wildman–Crippen MR) is 126 cm³/mol. The molecule has 2 aromatic heterocycles. The number of carbonyl (C=O) groups excluding carboxylic acids is 1. The molecule has 1 aliphatic heterocycles. The molecule has 164 valence electrons. The van der Waals surface area contributed by atoms with Gasteiger partial charge in [0.1, 0.15) is 0 Å². The van der Waals surface area contributed by atoms with Crippen LogP contribution in [0.25, 0.3) is 10.9 Å². The zero-order chi connectivity index (χ0) is 22.1. The van der Waals surface area contributed by atoms with Crippen molar-refractivity contribution in [2.45, 2.75) is 44.4 Å². The third kappa shape index (κ3) is 3.81. The van der Waals surface area contributed by atoms with Gasteiger partial charge in [-0.2, -0.15) is 0 Å². The minimum Gasteiger partial charge on any atom is -0.416 e. The molecule has 0 fully saturated rings. The number of nitrogens with zero attached hydrogens (tertiary/aromatic N) is 3. The molecule has 1 amide bonds. The average Bonchev–Trinajstić information content (AvgIpc) is 3.46. The summed E-state index contributed by atoms with van der Waals surface area (Å²) in [7, 11) is 0. The number of aryl methyl sites for hydroxylation is 2. The average molecular weight is 447 g/mol. The van der Waals surface area contributed by atoms with Gasteiger partial charge in [-0.15, -0.1) is 10.2 Å². The highest BCUT2D eigenvalue weighted by atomic mass is 32.2. The second kappa shape index (κ2) is 8.82. The van der Waals surface area contributed by atoms with Gasteiger partial charge < -0.3 is 14.3 Å². The quantitative estimate of drug-likeness (QED) is 0.425. The molecule has 0 bridgehead atoms. The monoisotopic (exact) mass is 446 g/mol. The molecule has 0 saturated heterocycles. The van der Waals surface area contributed by atoms with E-state index in [0.29, 0.717) is 24.1 Å². The maximum atomic E-state index is 13.4.